The van der Waals surface area contributed by atoms with Crippen molar-refractivity contribution in [3.05, 3.63) is 34.9 Å². The van der Waals surface area contributed by atoms with Crippen LogP contribution < -0.4 is 0 Å². The lowest BCUT2D eigenvalue weighted by Crippen LogP contribution is -2.35. The number of carbonyl (C=O) groups is 1. The van der Waals surface area contributed by atoms with Crippen molar-refractivity contribution in [2.24, 2.45) is 0 Å². The Bertz CT molecular complexity index is 620. The number of carbonyl (C=O) groups excluding carboxylic acids is 1. The number of rotatable bonds is 4. The molecule has 2 rings (SSSR count). The van der Waals surface area contributed by atoms with Crippen molar-refractivity contribution in [3.63, 3.8) is 0 Å². The van der Waals surface area contributed by atoms with Gasteiger partial charge in [-0.15, -0.1) is 11.3 Å². The normalized spacial score (nSPS) is 11.3. The number of thiazole rings is 1. The molecule has 22 heavy (non-hydrogen) atoms. The van der Waals surface area contributed by atoms with Crippen LogP contribution in [0.2, 0.25) is 0 Å². The lowest BCUT2D eigenvalue weighted by Gasteiger charge is -2.24. The van der Waals surface area contributed by atoms with Crippen LogP contribution >= 0.6 is 11.3 Å². The second kappa shape index (κ2) is 6.87. The van der Waals surface area contributed by atoms with Crippen LogP contribution in [0.1, 0.15) is 25.8 Å². The van der Waals surface area contributed by atoms with E-state index in [2.05, 4.69) is 9.97 Å². The van der Waals surface area contributed by atoms with Crippen molar-refractivity contribution in [1.82, 2.24) is 14.9 Å². The number of ether oxygens (including phenoxy) is 1. The third-order valence-corrected chi connectivity index (χ3v) is 3.78. The average molecular weight is 319 g/mol. The van der Waals surface area contributed by atoms with Gasteiger partial charge in [0, 0.05) is 43.4 Å². The van der Waals surface area contributed by atoms with E-state index in [9.17, 15) is 4.79 Å². The Morgan fingerprint density at radius 3 is 2.82 bits per heavy atom. The van der Waals surface area contributed by atoms with Crippen molar-refractivity contribution in [2.75, 3.05) is 13.6 Å². The molecule has 0 bridgehead atoms. The average Bonchev–Trinajstić information content (AvgIpc) is 2.92. The summed E-state index contributed by atoms with van der Waals surface area (Å²) in [6.07, 6.45) is 3.94. The topological polar surface area (TPSA) is 55.3 Å². The van der Waals surface area contributed by atoms with Crippen LogP contribution in [0, 0.1) is 0 Å². The second-order valence-electron chi connectivity index (χ2n) is 6.02. The zero-order valence-electron chi connectivity index (χ0n) is 13.4. The molecule has 2 aromatic rings. The summed E-state index contributed by atoms with van der Waals surface area (Å²) >= 11 is 1.59. The summed E-state index contributed by atoms with van der Waals surface area (Å²) in [7, 11) is 1.74. The summed E-state index contributed by atoms with van der Waals surface area (Å²) in [5.41, 5.74) is 1.46. The Morgan fingerprint density at radius 2 is 2.18 bits per heavy atom. The molecule has 118 valence electrons. The van der Waals surface area contributed by atoms with Crippen LogP contribution in [0.25, 0.3) is 11.3 Å². The highest BCUT2D eigenvalue weighted by Gasteiger charge is 2.19. The molecule has 6 heteroatoms. The van der Waals surface area contributed by atoms with Gasteiger partial charge in [-0.05, 0) is 32.9 Å². The first kappa shape index (κ1) is 16.4. The minimum Gasteiger partial charge on any atom is -0.444 e. The summed E-state index contributed by atoms with van der Waals surface area (Å²) in [4.78, 5) is 22.1. The van der Waals surface area contributed by atoms with Gasteiger partial charge in [-0.25, -0.2) is 9.78 Å². The highest BCUT2D eigenvalue weighted by Crippen LogP contribution is 2.21. The molecule has 0 aliphatic carbocycles. The van der Waals surface area contributed by atoms with Gasteiger partial charge >= 0.3 is 6.09 Å². The largest absolute Gasteiger partial charge is 0.444 e. The van der Waals surface area contributed by atoms with Crippen molar-refractivity contribution in [1.29, 1.82) is 0 Å². The molecule has 1 amide bonds. The Labute approximate surface area is 135 Å². The molecule has 0 saturated heterocycles. The fourth-order valence-electron chi connectivity index (χ4n) is 1.77. The van der Waals surface area contributed by atoms with Crippen LogP contribution in [0.3, 0.4) is 0 Å². The van der Waals surface area contributed by atoms with Crippen LogP contribution in [-0.4, -0.2) is 40.2 Å². The summed E-state index contributed by atoms with van der Waals surface area (Å²) in [5.74, 6) is 0. The molecule has 0 aliphatic heterocycles. The maximum Gasteiger partial charge on any atom is 0.410 e. The molecule has 0 aliphatic rings. The monoisotopic (exact) mass is 319 g/mol. The van der Waals surface area contributed by atoms with E-state index < -0.39 is 5.60 Å². The van der Waals surface area contributed by atoms with E-state index >= 15 is 0 Å². The smallest absolute Gasteiger partial charge is 0.410 e. The molecule has 0 aromatic carbocycles. The third-order valence-electron chi connectivity index (χ3n) is 2.88. The number of hydrogen-bond donors (Lipinski definition) is 0. The molecular formula is C16H21N3O2S. The number of amides is 1. The minimum atomic E-state index is -0.472. The van der Waals surface area contributed by atoms with E-state index in [1.54, 1.807) is 35.7 Å². The molecule has 0 spiro atoms. The first-order chi connectivity index (χ1) is 10.3. The van der Waals surface area contributed by atoms with E-state index in [1.165, 1.54) is 0 Å². The Kier molecular flexibility index (Phi) is 5.13. The van der Waals surface area contributed by atoms with Gasteiger partial charge < -0.3 is 9.64 Å². The van der Waals surface area contributed by atoms with Crippen LogP contribution in [-0.2, 0) is 11.2 Å². The predicted octanol–water partition coefficient (Wildman–Crippen LogP) is 3.61. The number of aromatic nitrogens is 2. The minimum absolute atomic E-state index is 0.309. The predicted molar refractivity (Wildman–Crippen MR) is 87.9 cm³/mol. The van der Waals surface area contributed by atoms with Crippen LogP contribution in [0.15, 0.2) is 29.9 Å². The summed E-state index contributed by atoms with van der Waals surface area (Å²) in [6, 6.07) is 3.88. The van der Waals surface area contributed by atoms with Crippen LogP contribution in [0.5, 0.6) is 0 Å². The van der Waals surface area contributed by atoms with Crippen molar-refractivity contribution < 1.29 is 9.53 Å². The SMILES string of the molecule is CN(CCc1nc(-c2cccnc2)cs1)C(=O)OC(C)(C)C. The first-order valence-electron chi connectivity index (χ1n) is 7.14. The van der Waals surface area contributed by atoms with Gasteiger partial charge in [0.15, 0.2) is 0 Å². The number of pyridine rings is 1. The summed E-state index contributed by atoms with van der Waals surface area (Å²) in [5, 5.41) is 3.01. The summed E-state index contributed by atoms with van der Waals surface area (Å²) in [6.45, 7) is 6.16. The second-order valence-corrected chi connectivity index (χ2v) is 6.96. The number of likely N-dealkylation sites (N-methyl/N-ethyl adjacent to an activating group) is 1. The molecule has 0 radical (unpaired) electrons. The molecular weight excluding hydrogens is 298 g/mol. The van der Waals surface area contributed by atoms with Gasteiger partial charge in [-0.1, -0.05) is 0 Å². The Hall–Kier alpha value is -1.95. The molecule has 2 aromatic heterocycles. The zero-order valence-corrected chi connectivity index (χ0v) is 14.2. The lowest BCUT2D eigenvalue weighted by atomic mass is 10.2. The molecule has 0 saturated carbocycles. The van der Waals surface area contributed by atoms with Gasteiger partial charge in [0.25, 0.3) is 0 Å². The molecule has 0 unspecified atom stereocenters. The van der Waals surface area contributed by atoms with Gasteiger partial charge in [0.2, 0.25) is 0 Å². The fraction of sp³-hybridized carbons (Fsp3) is 0.438. The molecule has 0 fully saturated rings. The Balaban J connectivity index is 1.90. The van der Waals surface area contributed by atoms with Gasteiger partial charge in [0.1, 0.15) is 5.60 Å². The van der Waals surface area contributed by atoms with Gasteiger partial charge in [0.05, 0.1) is 10.7 Å². The number of hydrogen-bond acceptors (Lipinski definition) is 5. The Morgan fingerprint density at radius 1 is 1.41 bits per heavy atom. The maximum atomic E-state index is 11.9. The van der Waals surface area contributed by atoms with Gasteiger partial charge in [-0.2, -0.15) is 0 Å². The lowest BCUT2D eigenvalue weighted by molar-refractivity contribution is 0.0301. The van der Waals surface area contributed by atoms with E-state index in [1.807, 2.05) is 38.3 Å². The molecule has 0 N–H and O–H groups in total. The summed E-state index contributed by atoms with van der Waals surface area (Å²) < 4.78 is 5.32. The maximum absolute atomic E-state index is 11.9. The van der Waals surface area contributed by atoms with Gasteiger partial charge in [-0.3, -0.25) is 4.98 Å². The fourth-order valence-corrected chi connectivity index (χ4v) is 2.56. The third kappa shape index (κ3) is 4.80. The van der Waals surface area contributed by atoms with Crippen molar-refractivity contribution >= 4 is 17.4 Å². The van der Waals surface area contributed by atoms with E-state index in [-0.39, 0.29) is 6.09 Å². The standard InChI is InChI=1S/C16H21N3O2S/c1-16(2,3)21-15(20)19(4)9-7-14-18-13(11-22-14)12-6-5-8-17-10-12/h5-6,8,10-11H,7,9H2,1-4H3. The van der Waals surface area contributed by atoms with Crippen molar-refractivity contribution in [2.45, 2.75) is 32.8 Å². The molecule has 2 heterocycles. The van der Waals surface area contributed by atoms with E-state index in [0.717, 1.165) is 16.3 Å². The van der Waals surface area contributed by atoms with E-state index in [4.69, 9.17) is 4.74 Å². The highest BCUT2D eigenvalue weighted by atomic mass is 32.1. The zero-order chi connectivity index (χ0) is 16.2. The number of nitrogens with zero attached hydrogens (tertiary/aromatic N) is 3. The first-order valence-corrected chi connectivity index (χ1v) is 8.02. The molecule has 0 atom stereocenters. The van der Waals surface area contributed by atoms with E-state index in [0.29, 0.717) is 13.0 Å². The van der Waals surface area contributed by atoms with Crippen LogP contribution in [0.4, 0.5) is 4.79 Å². The highest BCUT2D eigenvalue weighted by molar-refractivity contribution is 7.09. The molecule has 5 nitrogen and oxygen atoms in total. The quantitative estimate of drug-likeness (QED) is 0.864. The van der Waals surface area contributed by atoms with Crippen molar-refractivity contribution in [3.8, 4) is 11.3 Å².